The summed E-state index contributed by atoms with van der Waals surface area (Å²) in [6.45, 7) is 1.90. The first-order chi connectivity index (χ1) is 9.16. The van der Waals surface area contributed by atoms with Crippen molar-refractivity contribution in [2.24, 2.45) is 0 Å². The third kappa shape index (κ3) is 1.85. The molecule has 0 fully saturated rings. The van der Waals surface area contributed by atoms with Crippen molar-refractivity contribution in [3.8, 4) is 5.82 Å². The van der Waals surface area contributed by atoms with Gasteiger partial charge in [-0.3, -0.25) is 14.3 Å². The molecule has 0 radical (unpaired) electrons. The van der Waals surface area contributed by atoms with Crippen molar-refractivity contribution in [1.82, 2.24) is 14.5 Å². The van der Waals surface area contributed by atoms with Gasteiger partial charge in [-0.25, -0.2) is 9.78 Å². The van der Waals surface area contributed by atoms with Crippen molar-refractivity contribution in [3.05, 3.63) is 69.1 Å². The third-order valence-corrected chi connectivity index (χ3v) is 3.08. The van der Waals surface area contributed by atoms with E-state index in [4.69, 9.17) is 0 Å². The molecule has 5 nitrogen and oxygen atoms in total. The van der Waals surface area contributed by atoms with Gasteiger partial charge in [0.2, 0.25) is 0 Å². The Hall–Kier alpha value is -2.69. The van der Waals surface area contributed by atoms with Crippen molar-refractivity contribution in [2.45, 2.75) is 6.92 Å². The second kappa shape index (κ2) is 4.20. The number of aromatic nitrogens is 3. The number of hydrogen-bond acceptors (Lipinski definition) is 3. The van der Waals surface area contributed by atoms with E-state index in [0.29, 0.717) is 5.82 Å². The molecule has 1 N–H and O–H groups in total. The summed E-state index contributed by atoms with van der Waals surface area (Å²) in [7, 11) is 0. The Morgan fingerprint density at radius 1 is 1.16 bits per heavy atom. The molecule has 1 aromatic carbocycles. The van der Waals surface area contributed by atoms with Crippen LogP contribution >= 0.6 is 0 Å². The predicted octanol–water partition coefficient (Wildman–Crippen LogP) is 1.38. The number of H-pyrrole nitrogens is 1. The van der Waals surface area contributed by atoms with Crippen LogP contribution in [0.15, 0.2) is 52.3 Å². The molecule has 0 atom stereocenters. The molecular weight excluding hydrogens is 242 g/mol. The number of pyridine rings is 1. The standard InChI is InChI=1S/C14H11N3O2/c1-9-11-5-3-2-4-10(11)8-15-13(9)17-7-6-12(18)16-14(17)19/h2-8H,1H3,(H,16,18,19). The lowest BCUT2D eigenvalue weighted by molar-refractivity contribution is 0.862. The maximum atomic E-state index is 11.8. The summed E-state index contributed by atoms with van der Waals surface area (Å²) in [6, 6.07) is 9.13. The number of aryl methyl sites for hydroxylation is 1. The van der Waals surface area contributed by atoms with Crippen LogP contribution in [-0.4, -0.2) is 14.5 Å². The minimum atomic E-state index is -0.488. The lowest BCUT2D eigenvalue weighted by atomic mass is 10.1. The second-order valence-electron chi connectivity index (χ2n) is 4.27. The smallest absolute Gasteiger partial charge is 0.274 e. The summed E-state index contributed by atoms with van der Waals surface area (Å²) in [6.07, 6.45) is 3.15. The molecule has 0 saturated heterocycles. The van der Waals surface area contributed by atoms with Gasteiger partial charge in [0.15, 0.2) is 0 Å². The van der Waals surface area contributed by atoms with Crippen LogP contribution in [-0.2, 0) is 0 Å². The summed E-state index contributed by atoms with van der Waals surface area (Å²) in [5.74, 6) is 0.528. The first-order valence-electron chi connectivity index (χ1n) is 5.83. The van der Waals surface area contributed by atoms with E-state index < -0.39 is 11.2 Å². The summed E-state index contributed by atoms with van der Waals surface area (Å²) < 4.78 is 1.34. The van der Waals surface area contributed by atoms with E-state index in [-0.39, 0.29) is 0 Å². The van der Waals surface area contributed by atoms with Crippen LogP contribution in [0.25, 0.3) is 16.6 Å². The predicted molar refractivity (Wildman–Crippen MR) is 72.7 cm³/mol. The Morgan fingerprint density at radius 2 is 1.95 bits per heavy atom. The van der Waals surface area contributed by atoms with E-state index in [1.165, 1.54) is 16.8 Å². The van der Waals surface area contributed by atoms with E-state index in [1.54, 1.807) is 6.20 Å². The summed E-state index contributed by atoms with van der Waals surface area (Å²) in [5.41, 5.74) is -0.00896. The van der Waals surface area contributed by atoms with Crippen LogP contribution in [0, 0.1) is 6.92 Å². The highest BCUT2D eigenvalue weighted by Crippen LogP contribution is 2.20. The van der Waals surface area contributed by atoms with Crippen LogP contribution in [0.3, 0.4) is 0 Å². The van der Waals surface area contributed by atoms with Gasteiger partial charge in [0.25, 0.3) is 5.56 Å². The lowest BCUT2D eigenvalue weighted by Gasteiger charge is -2.09. The molecule has 2 heterocycles. The van der Waals surface area contributed by atoms with Crippen LogP contribution in [0.2, 0.25) is 0 Å². The summed E-state index contributed by atoms with van der Waals surface area (Å²) in [5, 5.41) is 2.05. The van der Waals surface area contributed by atoms with E-state index in [0.717, 1.165) is 16.3 Å². The fourth-order valence-electron chi connectivity index (χ4n) is 2.13. The lowest BCUT2D eigenvalue weighted by Crippen LogP contribution is -2.28. The van der Waals surface area contributed by atoms with Crippen molar-refractivity contribution >= 4 is 10.8 Å². The molecular formula is C14H11N3O2. The molecule has 5 heteroatoms. The minimum absolute atomic E-state index is 0.417. The average Bonchev–Trinajstić information content (AvgIpc) is 2.41. The average molecular weight is 253 g/mol. The van der Waals surface area contributed by atoms with Gasteiger partial charge in [-0.1, -0.05) is 24.3 Å². The quantitative estimate of drug-likeness (QED) is 0.712. The van der Waals surface area contributed by atoms with Crippen LogP contribution < -0.4 is 11.2 Å². The van der Waals surface area contributed by atoms with Crippen LogP contribution in [0.5, 0.6) is 0 Å². The van der Waals surface area contributed by atoms with Gasteiger partial charge < -0.3 is 0 Å². The normalized spacial score (nSPS) is 10.8. The van der Waals surface area contributed by atoms with Gasteiger partial charge in [-0.15, -0.1) is 0 Å². The molecule has 2 aromatic heterocycles. The fourth-order valence-corrected chi connectivity index (χ4v) is 2.13. The zero-order chi connectivity index (χ0) is 13.4. The molecule has 0 unspecified atom stereocenters. The topological polar surface area (TPSA) is 67.8 Å². The van der Waals surface area contributed by atoms with E-state index in [9.17, 15) is 9.59 Å². The maximum Gasteiger partial charge on any atom is 0.334 e. The summed E-state index contributed by atoms with van der Waals surface area (Å²) in [4.78, 5) is 29.4. The molecule has 0 saturated carbocycles. The van der Waals surface area contributed by atoms with E-state index in [1.807, 2.05) is 31.2 Å². The third-order valence-electron chi connectivity index (χ3n) is 3.08. The van der Waals surface area contributed by atoms with Gasteiger partial charge in [-0.05, 0) is 12.3 Å². The van der Waals surface area contributed by atoms with E-state index in [2.05, 4.69) is 9.97 Å². The SMILES string of the molecule is Cc1c(-n2ccc(=O)[nH]c2=O)ncc2ccccc12. The number of rotatable bonds is 1. The maximum absolute atomic E-state index is 11.8. The van der Waals surface area contributed by atoms with Crippen molar-refractivity contribution in [3.63, 3.8) is 0 Å². The van der Waals surface area contributed by atoms with Crippen LogP contribution in [0.4, 0.5) is 0 Å². The number of aromatic amines is 1. The fraction of sp³-hybridized carbons (Fsp3) is 0.0714. The highest BCUT2D eigenvalue weighted by atomic mass is 16.2. The van der Waals surface area contributed by atoms with Crippen molar-refractivity contribution < 1.29 is 0 Å². The Morgan fingerprint density at radius 3 is 2.74 bits per heavy atom. The molecule has 0 aliphatic rings. The zero-order valence-corrected chi connectivity index (χ0v) is 10.3. The molecule has 94 valence electrons. The molecule has 0 amide bonds. The molecule has 0 aliphatic carbocycles. The number of fused-ring (bicyclic) bond motifs is 1. The largest absolute Gasteiger partial charge is 0.334 e. The Balaban J connectivity index is 2.34. The zero-order valence-electron chi connectivity index (χ0n) is 10.3. The number of benzene rings is 1. The highest BCUT2D eigenvalue weighted by Gasteiger charge is 2.08. The van der Waals surface area contributed by atoms with Crippen molar-refractivity contribution in [2.75, 3.05) is 0 Å². The second-order valence-corrected chi connectivity index (χ2v) is 4.27. The van der Waals surface area contributed by atoms with Gasteiger partial charge in [0.1, 0.15) is 5.82 Å². The van der Waals surface area contributed by atoms with Crippen LogP contribution in [0.1, 0.15) is 5.56 Å². The summed E-state index contributed by atoms with van der Waals surface area (Å²) >= 11 is 0. The Labute approximate surface area is 108 Å². The molecule has 0 spiro atoms. The minimum Gasteiger partial charge on any atom is -0.274 e. The van der Waals surface area contributed by atoms with E-state index >= 15 is 0 Å². The number of nitrogens with one attached hydrogen (secondary N) is 1. The first-order valence-corrected chi connectivity index (χ1v) is 5.83. The van der Waals surface area contributed by atoms with Gasteiger partial charge in [0, 0.05) is 29.4 Å². The Bertz CT molecular complexity index is 877. The number of nitrogens with zero attached hydrogens (tertiary/aromatic N) is 2. The molecule has 19 heavy (non-hydrogen) atoms. The van der Waals surface area contributed by atoms with Gasteiger partial charge >= 0.3 is 5.69 Å². The molecule has 3 rings (SSSR count). The highest BCUT2D eigenvalue weighted by molar-refractivity contribution is 5.86. The number of hydrogen-bond donors (Lipinski definition) is 1. The van der Waals surface area contributed by atoms with Gasteiger partial charge in [-0.2, -0.15) is 0 Å². The molecule has 0 bridgehead atoms. The first kappa shape index (κ1) is 11.4. The monoisotopic (exact) mass is 253 g/mol. The van der Waals surface area contributed by atoms with Crippen molar-refractivity contribution in [1.29, 1.82) is 0 Å². The van der Waals surface area contributed by atoms with Gasteiger partial charge in [0.05, 0.1) is 0 Å². The Kier molecular flexibility index (Phi) is 2.52. The molecule has 3 aromatic rings. The molecule has 0 aliphatic heterocycles.